The SMILES string of the molecule is COC[C@@H](Cc1ccccc1)[C@@H](C)c1ccccc1. The lowest BCUT2D eigenvalue weighted by Crippen LogP contribution is -2.18. The molecule has 0 spiro atoms. The number of methoxy groups -OCH3 is 1. The van der Waals surface area contributed by atoms with Gasteiger partial charge in [0.15, 0.2) is 0 Å². The van der Waals surface area contributed by atoms with Crippen LogP contribution in [0.25, 0.3) is 0 Å². The second kappa shape index (κ2) is 7.10. The average Bonchev–Trinajstić information content (AvgIpc) is 2.48. The number of benzene rings is 2. The summed E-state index contributed by atoms with van der Waals surface area (Å²) in [5.41, 5.74) is 2.77. The zero-order chi connectivity index (χ0) is 13.5. The largest absolute Gasteiger partial charge is 0.384 e. The molecule has 100 valence electrons. The van der Waals surface area contributed by atoms with Crippen LogP contribution in [0.3, 0.4) is 0 Å². The number of hydrogen-bond donors (Lipinski definition) is 0. The van der Waals surface area contributed by atoms with Crippen LogP contribution < -0.4 is 0 Å². The highest BCUT2D eigenvalue weighted by Gasteiger charge is 2.19. The fourth-order valence-electron chi connectivity index (χ4n) is 2.54. The molecular formula is C18H22O. The van der Waals surface area contributed by atoms with Crippen molar-refractivity contribution >= 4 is 0 Å². The van der Waals surface area contributed by atoms with E-state index >= 15 is 0 Å². The molecule has 0 aliphatic carbocycles. The smallest absolute Gasteiger partial charge is 0.0499 e. The third kappa shape index (κ3) is 3.93. The third-order valence-corrected chi connectivity index (χ3v) is 3.75. The first-order chi connectivity index (χ1) is 9.31. The minimum Gasteiger partial charge on any atom is -0.384 e. The van der Waals surface area contributed by atoms with E-state index in [4.69, 9.17) is 4.74 Å². The monoisotopic (exact) mass is 254 g/mol. The summed E-state index contributed by atoms with van der Waals surface area (Å²) in [6, 6.07) is 21.4. The molecule has 2 atom stereocenters. The van der Waals surface area contributed by atoms with Crippen molar-refractivity contribution in [3.63, 3.8) is 0 Å². The van der Waals surface area contributed by atoms with Gasteiger partial charge < -0.3 is 4.74 Å². The minimum absolute atomic E-state index is 0.501. The fraction of sp³-hybridized carbons (Fsp3) is 0.333. The Bertz CT molecular complexity index is 464. The van der Waals surface area contributed by atoms with E-state index in [1.165, 1.54) is 11.1 Å². The van der Waals surface area contributed by atoms with Crippen molar-refractivity contribution in [1.29, 1.82) is 0 Å². The van der Waals surface area contributed by atoms with Crippen LogP contribution in [0.5, 0.6) is 0 Å². The van der Waals surface area contributed by atoms with Crippen LogP contribution >= 0.6 is 0 Å². The molecule has 0 heterocycles. The molecule has 0 aliphatic rings. The molecular weight excluding hydrogens is 232 g/mol. The Morgan fingerprint density at radius 2 is 1.47 bits per heavy atom. The topological polar surface area (TPSA) is 9.23 Å². The summed E-state index contributed by atoms with van der Waals surface area (Å²) >= 11 is 0. The molecule has 0 saturated carbocycles. The lowest BCUT2D eigenvalue weighted by Gasteiger charge is -2.24. The van der Waals surface area contributed by atoms with Gasteiger partial charge in [-0.15, -0.1) is 0 Å². The van der Waals surface area contributed by atoms with Crippen LogP contribution in [0.15, 0.2) is 60.7 Å². The highest BCUT2D eigenvalue weighted by Crippen LogP contribution is 2.27. The first-order valence-electron chi connectivity index (χ1n) is 6.89. The molecule has 0 aromatic heterocycles. The summed E-state index contributed by atoms with van der Waals surface area (Å²) in [4.78, 5) is 0. The van der Waals surface area contributed by atoms with Crippen LogP contribution in [0.4, 0.5) is 0 Å². The lowest BCUT2D eigenvalue weighted by atomic mass is 9.84. The summed E-state index contributed by atoms with van der Waals surface area (Å²) in [6.07, 6.45) is 1.06. The molecule has 19 heavy (non-hydrogen) atoms. The Hall–Kier alpha value is -1.60. The van der Waals surface area contributed by atoms with E-state index < -0.39 is 0 Å². The van der Waals surface area contributed by atoms with Gasteiger partial charge in [0.25, 0.3) is 0 Å². The maximum atomic E-state index is 5.42. The summed E-state index contributed by atoms with van der Waals surface area (Å²) in [5, 5.41) is 0. The van der Waals surface area contributed by atoms with Crippen molar-refractivity contribution in [3.05, 3.63) is 71.8 Å². The Morgan fingerprint density at radius 3 is 2.05 bits per heavy atom. The molecule has 0 N–H and O–H groups in total. The van der Waals surface area contributed by atoms with E-state index in [1.807, 2.05) is 0 Å². The standard InChI is InChI=1S/C18H22O/c1-15(17-11-7-4-8-12-17)18(14-19-2)13-16-9-5-3-6-10-16/h3-12,15,18H,13-14H2,1-2H3/t15-,18+/m0/s1. The van der Waals surface area contributed by atoms with Crippen LogP contribution in [0.1, 0.15) is 24.0 Å². The van der Waals surface area contributed by atoms with Crippen molar-refractivity contribution < 1.29 is 4.74 Å². The van der Waals surface area contributed by atoms with Gasteiger partial charge in [0, 0.05) is 13.7 Å². The summed E-state index contributed by atoms with van der Waals surface area (Å²) in [7, 11) is 1.79. The molecule has 2 aromatic carbocycles. The minimum atomic E-state index is 0.501. The average molecular weight is 254 g/mol. The lowest BCUT2D eigenvalue weighted by molar-refractivity contribution is 0.141. The van der Waals surface area contributed by atoms with Crippen molar-refractivity contribution in [2.75, 3.05) is 13.7 Å². The summed E-state index contributed by atoms with van der Waals surface area (Å²) in [5.74, 6) is 1.01. The van der Waals surface area contributed by atoms with Gasteiger partial charge in [0.2, 0.25) is 0 Å². The van der Waals surface area contributed by atoms with Crippen molar-refractivity contribution in [3.8, 4) is 0 Å². The molecule has 0 fully saturated rings. The van der Waals surface area contributed by atoms with E-state index in [-0.39, 0.29) is 0 Å². The Balaban J connectivity index is 2.11. The second-order valence-corrected chi connectivity index (χ2v) is 5.10. The molecule has 0 aliphatic heterocycles. The maximum Gasteiger partial charge on any atom is 0.0499 e. The summed E-state index contributed by atoms with van der Waals surface area (Å²) < 4.78 is 5.42. The first kappa shape index (κ1) is 13.8. The Morgan fingerprint density at radius 1 is 0.895 bits per heavy atom. The maximum absolute atomic E-state index is 5.42. The van der Waals surface area contributed by atoms with E-state index in [9.17, 15) is 0 Å². The van der Waals surface area contributed by atoms with E-state index in [2.05, 4.69) is 67.6 Å². The first-order valence-corrected chi connectivity index (χ1v) is 6.89. The van der Waals surface area contributed by atoms with Gasteiger partial charge in [-0.25, -0.2) is 0 Å². The van der Waals surface area contributed by atoms with Crippen LogP contribution in [-0.4, -0.2) is 13.7 Å². The van der Waals surface area contributed by atoms with Gasteiger partial charge in [0.1, 0.15) is 0 Å². The van der Waals surface area contributed by atoms with Gasteiger partial charge in [-0.05, 0) is 29.4 Å². The second-order valence-electron chi connectivity index (χ2n) is 5.10. The molecule has 1 nitrogen and oxygen atoms in total. The molecule has 0 saturated heterocycles. The summed E-state index contributed by atoms with van der Waals surface area (Å²) in [6.45, 7) is 3.09. The molecule has 1 heteroatoms. The van der Waals surface area contributed by atoms with Crippen molar-refractivity contribution in [2.24, 2.45) is 5.92 Å². The number of hydrogen-bond acceptors (Lipinski definition) is 1. The predicted octanol–water partition coefficient (Wildman–Crippen LogP) is 4.30. The van der Waals surface area contributed by atoms with E-state index in [0.717, 1.165) is 13.0 Å². The fourth-order valence-corrected chi connectivity index (χ4v) is 2.54. The van der Waals surface area contributed by atoms with E-state index in [0.29, 0.717) is 11.8 Å². The molecule has 0 amide bonds. The van der Waals surface area contributed by atoms with Gasteiger partial charge in [0.05, 0.1) is 0 Å². The zero-order valence-corrected chi connectivity index (χ0v) is 11.8. The van der Waals surface area contributed by atoms with Crippen LogP contribution in [0, 0.1) is 5.92 Å². The highest BCUT2D eigenvalue weighted by molar-refractivity contribution is 5.21. The van der Waals surface area contributed by atoms with Gasteiger partial charge >= 0.3 is 0 Å². The quantitative estimate of drug-likeness (QED) is 0.747. The Kier molecular flexibility index (Phi) is 5.17. The number of ether oxygens (including phenoxy) is 1. The molecule has 2 rings (SSSR count). The Labute approximate surface area is 116 Å². The molecule has 2 aromatic rings. The van der Waals surface area contributed by atoms with Gasteiger partial charge in [-0.2, -0.15) is 0 Å². The van der Waals surface area contributed by atoms with Crippen LogP contribution in [0.2, 0.25) is 0 Å². The van der Waals surface area contributed by atoms with Crippen LogP contribution in [-0.2, 0) is 11.2 Å². The molecule has 0 radical (unpaired) electrons. The zero-order valence-electron chi connectivity index (χ0n) is 11.8. The van der Waals surface area contributed by atoms with E-state index in [1.54, 1.807) is 7.11 Å². The third-order valence-electron chi connectivity index (χ3n) is 3.75. The van der Waals surface area contributed by atoms with Crippen molar-refractivity contribution in [1.82, 2.24) is 0 Å². The normalized spacial score (nSPS) is 14.0. The molecule has 0 unspecified atom stereocenters. The number of rotatable bonds is 6. The predicted molar refractivity (Wildman–Crippen MR) is 80.4 cm³/mol. The van der Waals surface area contributed by atoms with Gasteiger partial charge in [-0.3, -0.25) is 0 Å². The highest BCUT2D eigenvalue weighted by atomic mass is 16.5. The van der Waals surface area contributed by atoms with Gasteiger partial charge in [-0.1, -0.05) is 67.6 Å². The molecule has 0 bridgehead atoms. The van der Waals surface area contributed by atoms with Crippen molar-refractivity contribution in [2.45, 2.75) is 19.3 Å².